The molecule has 1 saturated heterocycles. The summed E-state index contributed by atoms with van der Waals surface area (Å²) < 4.78 is 0. The topological polar surface area (TPSA) is 36.4 Å². The van der Waals surface area contributed by atoms with Crippen molar-refractivity contribution in [1.82, 2.24) is 14.8 Å². The molecule has 2 fully saturated rings. The number of rotatable bonds is 5. The molecule has 0 radical (unpaired) electrons. The van der Waals surface area contributed by atoms with Crippen molar-refractivity contribution >= 4 is 17.2 Å². The van der Waals surface area contributed by atoms with Crippen molar-refractivity contribution < 1.29 is 4.79 Å². The van der Waals surface area contributed by atoms with Gasteiger partial charge in [0.05, 0.1) is 6.54 Å². The van der Waals surface area contributed by atoms with Crippen LogP contribution in [0.5, 0.6) is 0 Å². The Morgan fingerprint density at radius 3 is 3.00 bits per heavy atom. The molecule has 2 heterocycles. The minimum absolute atomic E-state index is 0.239. The lowest BCUT2D eigenvalue weighted by molar-refractivity contribution is -0.130. The minimum atomic E-state index is 0.239. The maximum Gasteiger partial charge on any atom is 0.219 e. The lowest BCUT2D eigenvalue weighted by atomic mass is 10.2. The zero-order chi connectivity index (χ0) is 13.2. The Labute approximate surface area is 118 Å². The van der Waals surface area contributed by atoms with Gasteiger partial charge in [0.15, 0.2) is 0 Å². The van der Waals surface area contributed by atoms with Gasteiger partial charge in [-0.05, 0) is 32.2 Å². The van der Waals surface area contributed by atoms with E-state index >= 15 is 0 Å². The van der Waals surface area contributed by atoms with E-state index in [1.807, 2.05) is 11.6 Å². The first-order valence-corrected chi connectivity index (χ1v) is 8.01. The molecule has 3 rings (SSSR count). The average Bonchev–Trinajstić information content (AvgIpc) is 2.91. The van der Waals surface area contributed by atoms with Crippen molar-refractivity contribution in [2.45, 2.75) is 51.2 Å². The maximum absolute atomic E-state index is 11.7. The van der Waals surface area contributed by atoms with E-state index in [4.69, 9.17) is 0 Å². The molecule has 0 aromatic carbocycles. The van der Waals surface area contributed by atoms with E-state index in [1.54, 1.807) is 18.3 Å². The van der Waals surface area contributed by atoms with Crippen LogP contribution in [0.25, 0.3) is 0 Å². The summed E-state index contributed by atoms with van der Waals surface area (Å²) >= 11 is 1.72. The molecular formula is C14H21N3OS. The van der Waals surface area contributed by atoms with Crippen molar-refractivity contribution in [2.24, 2.45) is 0 Å². The fraction of sp³-hybridized carbons (Fsp3) is 0.714. The summed E-state index contributed by atoms with van der Waals surface area (Å²) in [5, 5.41) is 3.22. The Kier molecular flexibility index (Phi) is 3.84. The second kappa shape index (κ2) is 5.59. The first-order valence-electron chi connectivity index (χ1n) is 7.13. The Morgan fingerprint density at radius 1 is 1.53 bits per heavy atom. The summed E-state index contributed by atoms with van der Waals surface area (Å²) in [6.45, 7) is 4.70. The first kappa shape index (κ1) is 13.1. The van der Waals surface area contributed by atoms with Crippen LogP contribution in [-0.2, 0) is 11.3 Å². The fourth-order valence-corrected chi connectivity index (χ4v) is 3.60. The highest BCUT2D eigenvalue weighted by Gasteiger charge is 2.35. The van der Waals surface area contributed by atoms with Crippen molar-refractivity contribution in [3.8, 4) is 0 Å². The SMILES string of the molecule is CC(=O)N(CC1CCCN1Cc1nccs1)C1CC1. The summed E-state index contributed by atoms with van der Waals surface area (Å²) in [6.07, 6.45) is 6.71. The number of hydrogen-bond donors (Lipinski definition) is 0. The lowest BCUT2D eigenvalue weighted by Gasteiger charge is -2.30. The van der Waals surface area contributed by atoms with Crippen LogP contribution in [0, 0.1) is 0 Å². The summed E-state index contributed by atoms with van der Waals surface area (Å²) in [7, 11) is 0. The Hall–Kier alpha value is -0.940. The van der Waals surface area contributed by atoms with Crippen molar-refractivity contribution in [2.75, 3.05) is 13.1 Å². The smallest absolute Gasteiger partial charge is 0.219 e. The van der Waals surface area contributed by atoms with Gasteiger partial charge in [-0.15, -0.1) is 11.3 Å². The predicted octanol–water partition coefficient (Wildman–Crippen LogP) is 2.12. The molecular weight excluding hydrogens is 258 g/mol. The highest BCUT2D eigenvalue weighted by atomic mass is 32.1. The van der Waals surface area contributed by atoms with E-state index in [1.165, 1.54) is 30.7 Å². The van der Waals surface area contributed by atoms with E-state index in [2.05, 4.69) is 14.8 Å². The molecule has 1 aromatic heterocycles. The number of amides is 1. The molecule has 0 bridgehead atoms. The van der Waals surface area contributed by atoms with Crippen LogP contribution in [0.2, 0.25) is 0 Å². The molecule has 1 aliphatic carbocycles. The minimum Gasteiger partial charge on any atom is -0.338 e. The van der Waals surface area contributed by atoms with E-state index < -0.39 is 0 Å². The zero-order valence-electron chi connectivity index (χ0n) is 11.4. The third kappa shape index (κ3) is 3.15. The van der Waals surface area contributed by atoms with Crippen molar-refractivity contribution in [3.05, 3.63) is 16.6 Å². The number of likely N-dealkylation sites (tertiary alicyclic amines) is 1. The molecule has 104 valence electrons. The van der Waals surface area contributed by atoms with Gasteiger partial charge in [0, 0.05) is 37.1 Å². The maximum atomic E-state index is 11.7. The second-order valence-corrected chi connectivity index (χ2v) is 6.57. The monoisotopic (exact) mass is 279 g/mol. The zero-order valence-corrected chi connectivity index (χ0v) is 12.2. The molecule has 1 saturated carbocycles. The first-order chi connectivity index (χ1) is 9.24. The lowest BCUT2D eigenvalue weighted by Crippen LogP contribution is -2.43. The van der Waals surface area contributed by atoms with Gasteiger partial charge < -0.3 is 4.90 Å². The predicted molar refractivity (Wildman–Crippen MR) is 76.0 cm³/mol. The van der Waals surface area contributed by atoms with Crippen LogP contribution >= 0.6 is 11.3 Å². The number of carbonyl (C=O) groups excluding carboxylic acids is 1. The highest BCUT2D eigenvalue weighted by molar-refractivity contribution is 7.09. The number of carbonyl (C=O) groups is 1. The summed E-state index contributed by atoms with van der Waals surface area (Å²) in [5.74, 6) is 0.239. The number of aromatic nitrogens is 1. The van der Waals surface area contributed by atoms with Gasteiger partial charge in [-0.3, -0.25) is 9.69 Å². The van der Waals surface area contributed by atoms with Gasteiger partial charge in [0.25, 0.3) is 0 Å². The van der Waals surface area contributed by atoms with Crippen molar-refractivity contribution in [3.63, 3.8) is 0 Å². The van der Waals surface area contributed by atoms with E-state index in [-0.39, 0.29) is 5.91 Å². The molecule has 4 nitrogen and oxygen atoms in total. The molecule has 1 amide bonds. The van der Waals surface area contributed by atoms with Gasteiger partial charge in [0.1, 0.15) is 5.01 Å². The van der Waals surface area contributed by atoms with Crippen LogP contribution in [0.15, 0.2) is 11.6 Å². The number of hydrogen-bond acceptors (Lipinski definition) is 4. The third-order valence-corrected chi connectivity index (χ3v) is 4.88. The summed E-state index contributed by atoms with van der Waals surface area (Å²) in [6, 6.07) is 1.05. The van der Waals surface area contributed by atoms with Crippen LogP contribution < -0.4 is 0 Å². The van der Waals surface area contributed by atoms with E-state index in [0.717, 1.165) is 19.6 Å². The molecule has 2 aliphatic rings. The van der Waals surface area contributed by atoms with Crippen molar-refractivity contribution in [1.29, 1.82) is 0 Å². The normalized spacial score (nSPS) is 23.7. The molecule has 5 heteroatoms. The van der Waals surface area contributed by atoms with Gasteiger partial charge in [-0.2, -0.15) is 0 Å². The average molecular weight is 279 g/mol. The van der Waals surface area contributed by atoms with Gasteiger partial charge in [-0.25, -0.2) is 4.98 Å². The van der Waals surface area contributed by atoms with Crippen LogP contribution in [-0.4, -0.2) is 45.9 Å². The molecule has 1 atom stereocenters. The largest absolute Gasteiger partial charge is 0.338 e. The molecule has 0 N–H and O–H groups in total. The number of nitrogens with zero attached hydrogens (tertiary/aromatic N) is 3. The molecule has 0 spiro atoms. The highest BCUT2D eigenvalue weighted by Crippen LogP contribution is 2.29. The summed E-state index contributed by atoms with van der Waals surface area (Å²) in [4.78, 5) is 20.7. The Bertz CT molecular complexity index is 430. The van der Waals surface area contributed by atoms with Crippen LogP contribution in [0.1, 0.15) is 37.6 Å². The van der Waals surface area contributed by atoms with E-state index in [0.29, 0.717) is 12.1 Å². The standard InChI is InChI=1S/C14H21N3OS/c1-11(18)17(12-4-5-12)9-13-3-2-7-16(13)10-14-15-6-8-19-14/h6,8,12-13H,2-5,7,9-10H2,1H3. The molecule has 19 heavy (non-hydrogen) atoms. The van der Waals surface area contributed by atoms with Gasteiger partial charge in [-0.1, -0.05) is 0 Å². The fourth-order valence-electron chi connectivity index (χ4n) is 2.96. The second-order valence-electron chi connectivity index (χ2n) is 5.59. The number of thiazole rings is 1. The quantitative estimate of drug-likeness (QED) is 0.828. The van der Waals surface area contributed by atoms with Crippen LogP contribution in [0.4, 0.5) is 0 Å². The Morgan fingerprint density at radius 2 is 2.37 bits per heavy atom. The third-order valence-electron chi connectivity index (χ3n) is 4.12. The Balaban J connectivity index is 1.60. The van der Waals surface area contributed by atoms with Crippen LogP contribution in [0.3, 0.4) is 0 Å². The summed E-state index contributed by atoms with van der Waals surface area (Å²) in [5.41, 5.74) is 0. The molecule has 1 unspecified atom stereocenters. The van der Waals surface area contributed by atoms with Gasteiger partial charge in [0.2, 0.25) is 5.91 Å². The molecule has 1 aliphatic heterocycles. The van der Waals surface area contributed by atoms with Gasteiger partial charge >= 0.3 is 0 Å². The van der Waals surface area contributed by atoms with E-state index in [9.17, 15) is 4.79 Å². The molecule has 1 aromatic rings.